The third-order valence-electron chi connectivity index (χ3n) is 5.30. The molecular formula is C21H22ClN3O2. The summed E-state index contributed by atoms with van der Waals surface area (Å²) in [5.41, 5.74) is 3.85. The maximum atomic E-state index is 12.2. The number of carbonyl (C=O) groups is 1. The zero-order chi connectivity index (χ0) is 19.0. The van der Waals surface area contributed by atoms with Crippen LogP contribution in [0, 0.1) is 6.92 Å². The van der Waals surface area contributed by atoms with Crippen molar-refractivity contribution in [1.82, 2.24) is 9.88 Å². The summed E-state index contributed by atoms with van der Waals surface area (Å²) in [5, 5.41) is 11.7. The number of aryl methyl sites for hydroxylation is 1. The first-order valence-electron chi connectivity index (χ1n) is 9.09. The number of benzene rings is 2. The van der Waals surface area contributed by atoms with E-state index < -0.39 is 12.0 Å². The third kappa shape index (κ3) is 3.40. The topological polar surface area (TPSA) is 59.6 Å². The first kappa shape index (κ1) is 17.9. The molecule has 4 rings (SSSR count). The summed E-state index contributed by atoms with van der Waals surface area (Å²) in [6, 6.07) is 15.0. The Morgan fingerprint density at radius 3 is 2.56 bits per heavy atom. The lowest BCUT2D eigenvalue weighted by Crippen LogP contribution is -2.49. The molecule has 140 valence electrons. The minimum absolute atomic E-state index is 0.650. The van der Waals surface area contributed by atoms with Crippen LogP contribution >= 0.6 is 11.6 Å². The van der Waals surface area contributed by atoms with Gasteiger partial charge in [0.15, 0.2) is 0 Å². The average molecular weight is 384 g/mol. The van der Waals surface area contributed by atoms with Gasteiger partial charge in [0.05, 0.1) is 0 Å². The zero-order valence-corrected chi connectivity index (χ0v) is 15.9. The number of piperazine rings is 1. The summed E-state index contributed by atoms with van der Waals surface area (Å²) in [6.07, 6.45) is 0. The quantitative estimate of drug-likeness (QED) is 0.712. The smallest absolute Gasteiger partial charge is 0.325 e. The minimum Gasteiger partial charge on any atom is -0.480 e. The van der Waals surface area contributed by atoms with Crippen molar-refractivity contribution in [2.45, 2.75) is 13.0 Å². The molecule has 5 nitrogen and oxygen atoms in total. The van der Waals surface area contributed by atoms with Gasteiger partial charge in [0.2, 0.25) is 0 Å². The van der Waals surface area contributed by atoms with Gasteiger partial charge in [-0.15, -0.1) is 0 Å². The van der Waals surface area contributed by atoms with E-state index in [4.69, 9.17) is 11.6 Å². The third-order valence-corrected chi connectivity index (χ3v) is 5.54. The molecule has 1 saturated heterocycles. The van der Waals surface area contributed by atoms with Gasteiger partial charge in [0, 0.05) is 59.0 Å². The fourth-order valence-corrected chi connectivity index (χ4v) is 4.21. The number of nitrogens with zero attached hydrogens (tertiary/aromatic N) is 2. The van der Waals surface area contributed by atoms with Crippen LogP contribution in [-0.2, 0) is 4.79 Å². The monoisotopic (exact) mass is 383 g/mol. The highest BCUT2D eigenvalue weighted by atomic mass is 35.5. The van der Waals surface area contributed by atoms with Gasteiger partial charge in [0.1, 0.15) is 6.04 Å². The van der Waals surface area contributed by atoms with Crippen LogP contribution in [0.25, 0.3) is 10.9 Å². The molecule has 1 aliphatic heterocycles. The van der Waals surface area contributed by atoms with E-state index in [1.165, 1.54) is 0 Å². The first-order valence-corrected chi connectivity index (χ1v) is 9.47. The van der Waals surface area contributed by atoms with Gasteiger partial charge in [-0.2, -0.15) is 0 Å². The van der Waals surface area contributed by atoms with E-state index in [1.807, 2.05) is 55.5 Å². The van der Waals surface area contributed by atoms with E-state index in [9.17, 15) is 9.90 Å². The Bertz CT molecular complexity index is 976. The number of hydrogen-bond donors (Lipinski definition) is 2. The van der Waals surface area contributed by atoms with Crippen molar-refractivity contribution in [3.63, 3.8) is 0 Å². The van der Waals surface area contributed by atoms with Crippen LogP contribution in [0.15, 0.2) is 48.5 Å². The largest absolute Gasteiger partial charge is 0.480 e. The fourth-order valence-electron chi connectivity index (χ4n) is 4.02. The summed E-state index contributed by atoms with van der Waals surface area (Å²) in [5.74, 6) is -0.806. The summed E-state index contributed by atoms with van der Waals surface area (Å²) in [4.78, 5) is 19.8. The molecule has 1 aliphatic rings. The second kappa shape index (κ2) is 7.25. The SMILES string of the molecule is Cc1[nH]c2ccccc2c1[C@H](C(=O)O)N1CCN(c2cccc(Cl)c2)CC1. The maximum Gasteiger partial charge on any atom is 0.325 e. The molecule has 2 heterocycles. The Kier molecular flexibility index (Phi) is 4.81. The lowest BCUT2D eigenvalue weighted by Gasteiger charge is -2.39. The average Bonchev–Trinajstić information content (AvgIpc) is 2.98. The van der Waals surface area contributed by atoms with Gasteiger partial charge in [0.25, 0.3) is 0 Å². The molecule has 1 aromatic heterocycles. The van der Waals surface area contributed by atoms with Crippen molar-refractivity contribution < 1.29 is 9.90 Å². The molecule has 27 heavy (non-hydrogen) atoms. The van der Waals surface area contributed by atoms with Gasteiger partial charge in [-0.1, -0.05) is 35.9 Å². The number of aliphatic carboxylic acids is 1. The van der Waals surface area contributed by atoms with E-state index in [2.05, 4.69) is 14.8 Å². The van der Waals surface area contributed by atoms with E-state index >= 15 is 0 Å². The van der Waals surface area contributed by atoms with E-state index in [-0.39, 0.29) is 0 Å². The minimum atomic E-state index is -0.806. The van der Waals surface area contributed by atoms with Crippen molar-refractivity contribution in [3.8, 4) is 0 Å². The predicted molar refractivity (Wildman–Crippen MR) is 109 cm³/mol. The predicted octanol–water partition coefficient (Wildman–Crippen LogP) is 4.08. The van der Waals surface area contributed by atoms with E-state index in [0.717, 1.165) is 40.9 Å². The van der Waals surface area contributed by atoms with Crippen LogP contribution in [0.3, 0.4) is 0 Å². The molecule has 6 heteroatoms. The van der Waals surface area contributed by atoms with E-state index in [0.29, 0.717) is 18.1 Å². The molecule has 0 unspecified atom stereocenters. The van der Waals surface area contributed by atoms with Crippen molar-refractivity contribution in [2.24, 2.45) is 0 Å². The molecule has 2 N–H and O–H groups in total. The lowest BCUT2D eigenvalue weighted by atomic mass is 10.0. The second-order valence-corrected chi connectivity index (χ2v) is 7.39. The molecule has 0 aliphatic carbocycles. The highest BCUT2D eigenvalue weighted by Gasteiger charge is 2.33. The van der Waals surface area contributed by atoms with Crippen molar-refractivity contribution in [3.05, 3.63) is 64.8 Å². The Balaban J connectivity index is 1.59. The molecular weight excluding hydrogens is 362 g/mol. The molecule has 3 aromatic rings. The second-order valence-electron chi connectivity index (χ2n) is 6.95. The van der Waals surface area contributed by atoms with Gasteiger partial charge in [-0.25, -0.2) is 0 Å². The Morgan fingerprint density at radius 2 is 1.85 bits per heavy atom. The van der Waals surface area contributed by atoms with Crippen molar-refractivity contribution >= 4 is 34.2 Å². The van der Waals surface area contributed by atoms with Crippen LogP contribution in [0.2, 0.25) is 5.02 Å². The molecule has 0 amide bonds. The van der Waals surface area contributed by atoms with Crippen LogP contribution in [0.5, 0.6) is 0 Å². The van der Waals surface area contributed by atoms with Gasteiger partial charge in [-0.3, -0.25) is 9.69 Å². The number of aromatic nitrogens is 1. The number of H-pyrrole nitrogens is 1. The molecule has 2 aromatic carbocycles. The summed E-state index contributed by atoms with van der Waals surface area (Å²) in [6.45, 7) is 4.86. The number of hydrogen-bond acceptors (Lipinski definition) is 3. The fraction of sp³-hybridized carbons (Fsp3) is 0.286. The van der Waals surface area contributed by atoms with Crippen LogP contribution in [0.1, 0.15) is 17.3 Å². The Morgan fingerprint density at radius 1 is 1.11 bits per heavy atom. The van der Waals surface area contributed by atoms with Crippen molar-refractivity contribution in [1.29, 1.82) is 0 Å². The molecule has 1 atom stereocenters. The van der Waals surface area contributed by atoms with Crippen LogP contribution in [0.4, 0.5) is 5.69 Å². The van der Waals surface area contributed by atoms with Gasteiger partial charge in [-0.05, 0) is 31.2 Å². The molecule has 0 radical (unpaired) electrons. The highest BCUT2D eigenvalue weighted by Crippen LogP contribution is 2.33. The normalized spacial score (nSPS) is 16.6. The maximum absolute atomic E-state index is 12.2. The standard InChI is InChI=1S/C21H22ClN3O2/c1-14-19(17-7-2-3-8-18(17)23-14)20(21(26)27)25-11-9-24(10-12-25)16-6-4-5-15(22)13-16/h2-8,13,20,23H,9-12H2,1H3,(H,26,27)/t20-/m1/s1. The summed E-state index contributed by atoms with van der Waals surface area (Å²) >= 11 is 6.11. The number of fused-ring (bicyclic) bond motifs is 1. The number of nitrogens with one attached hydrogen (secondary N) is 1. The lowest BCUT2D eigenvalue weighted by molar-refractivity contribution is -0.143. The molecule has 0 bridgehead atoms. The molecule has 0 saturated carbocycles. The van der Waals surface area contributed by atoms with Crippen LogP contribution < -0.4 is 4.90 Å². The van der Waals surface area contributed by atoms with Gasteiger partial charge >= 0.3 is 5.97 Å². The number of carboxylic acids is 1. The molecule has 1 fully saturated rings. The number of para-hydroxylation sites is 1. The van der Waals surface area contributed by atoms with Crippen LogP contribution in [-0.4, -0.2) is 47.1 Å². The summed E-state index contributed by atoms with van der Waals surface area (Å²) in [7, 11) is 0. The number of carboxylic acid groups (broad SMARTS) is 1. The number of aromatic amines is 1. The number of halogens is 1. The summed E-state index contributed by atoms with van der Waals surface area (Å²) < 4.78 is 0. The number of anilines is 1. The molecule has 0 spiro atoms. The van der Waals surface area contributed by atoms with Crippen molar-refractivity contribution in [2.75, 3.05) is 31.1 Å². The van der Waals surface area contributed by atoms with Gasteiger partial charge < -0.3 is 15.0 Å². The Hall–Kier alpha value is -2.50. The van der Waals surface area contributed by atoms with E-state index in [1.54, 1.807) is 0 Å². The first-order chi connectivity index (χ1) is 13.0. The highest BCUT2D eigenvalue weighted by molar-refractivity contribution is 6.30. The number of rotatable bonds is 4. The zero-order valence-electron chi connectivity index (χ0n) is 15.2. The Labute approximate surface area is 163 Å².